The van der Waals surface area contributed by atoms with E-state index in [0.717, 1.165) is 30.5 Å². The van der Waals surface area contributed by atoms with E-state index in [2.05, 4.69) is 10.6 Å². The third-order valence-electron chi connectivity index (χ3n) is 2.73. The summed E-state index contributed by atoms with van der Waals surface area (Å²) in [6.07, 6.45) is 1.74. The first-order valence-corrected chi connectivity index (χ1v) is 6.36. The number of carbonyl (C=O) groups is 1. The van der Waals surface area contributed by atoms with Crippen LogP contribution in [0, 0.1) is 12.7 Å². The molecular weight excluding hydrogens is 231 g/mol. The summed E-state index contributed by atoms with van der Waals surface area (Å²) >= 11 is 0. The molecule has 0 bridgehead atoms. The summed E-state index contributed by atoms with van der Waals surface area (Å²) in [4.78, 5) is 11.3. The van der Waals surface area contributed by atoms with E-state index in [1.54, 1.807) is 6.07 Å². The van der Waals surface area contributed by atoms with Crippen molar-refractivity contribution in [2.24, 2.45) is 0 Å². The first-order valence-electron chi connectivity index (χ1n) is 6.36. The maximum Gasteiger partial charge on any atom is 0.233 e. The van der Waals surface area contributed by atoms with Crippen molar-refractivity contribution in [1.29, 1.82) is 0 Å². The van der Waals surface area contributed by atoms with E-state index in [0.29, 0.717) is 13.1 Å². The van der Waals surface area contributed by atoms with Crippen LogP contribution in [0.2, 0.25) is 0 Å². The molecule has 3 nitrogen and oxygen atoms in total. The van der Waals surface area contributed by atoms with Gasteiger partial charge in [-0.15, -0.1) is 0 Å². The Balaban J connectivity index is 2.23. The number of amides is 1. The van der Waals surface area contributed by atoms with Gasteiger partial charge in [-0.1, -0.05) is 13.0 Å². The number of aryl methyl sites for hydroxylation is 1. The molecule has 0 aliphatic carbocycles. The maximum atomic E-state index is 12.9. The maximum absolute atomic E-state index is 12.9. The largest absolute Gasteiger partial charge is 0.355 e. The molecule has 2 N–H and O–H groups in total. The third-order valence-corrected chi connectivity index (χ3v) is 2.73. The fourth-order valence-corrected chi connectivity index (χ4v) is 1.69. The molecule has 18 heavy (non-hydrogen) atoms. The van der Waals surface area contributed by atoms with Crippen LogP contribution in [0.1, 0.15) is 24.5 Å². The molecule has 4 heteroatoms. The molecule has 100 valence electrons. The molecule has 1 amide bonds. The lowest BCUT2D eigenvalue weighted by Crippen LogP contribution is -2.35. The molecule has 0 unspecified atom stereocenters. The summed E-state index contributed by atoms with van der Waals surface area (Å²) in [7, 11) is 0. The Morgan fingerprint density at radius 1 is 1.33 bits per heavy atom. The van der Waals surface area contributed by atoms with Crippen molar-refractivity contribution in [3.63, 3.8) is 0 Å². The summed E-state index contributed by atoms with van der Waals surface area (Å²) in [5.74, 6) is -0.184. The average Bonchev–Trinajstić information content (AvgIpc) is 2.34. The Labute approximate surface area is 108 Å². The fourth-order valence-electron chi connectivity index (χ4n) is 1.69. The van der Waals surface area contributed by atoms with E-state index in [9.17, 15) is 9.18 Å². The van der Waals surface area contributed by atoms with Crippen LogP contribution in [-0.4, -0.2) is 25.5 Å². The lowest BCUT2D eigenvalue weighted by Gasteiger charge is -2.08. The van der Waals surface area contributed by atoms with Gasteiger partial charge in [0.2, 0.25) is 5.91 Å². The molecule has 0 aliphatic rings. The van der Waals surface area contributed by atoms with Crippen LogP contribution in [0.15, 0.2) is 18.2 Å². The highest BCUT2D eigenvalue weighted by Crippen LogP contribution is 2.10. The van der Waals surface area contributed by atoms with E-state index < -0.39 is 0 Å². The van der Waals surface area contributed by atoms with Gasteiger partial charge in [-0.2, -0.15) is 0 Å². The fraction of sp³-hybridized carbons (Fsp3) is 0.500. The Morgan fingerprint density at radius 2 is 2.11 bits per heavy atom. The minimum absolute atomic E-state index is 0.0210. The predicted molar refractivity (Wildman–Crippen MR) is 71.0 cm³/mol. The van der Waals surface area contributed by atoms with Gasteiger partial charge in [0.05, 0.1) is 6.54 Å². The van der Waals surface area contributed by atoms with Crippen molar-refractivity contribution in [3.05, 3.63) is 35.1 Å². The van der Waals surface area contributed by atoms with E-state index in [4.69, 9.17) is 0 Å². The zero-order valence-electron chi connectivity index (χ0n) is 11.1. The van der Waals surface area contributed by atoms with Crippen molar-refractivity contribution in [3.8, 4) is 0 Å². The van der Waals surface area contributed by atoms with Gasteiger partial charge in [0.15, 0.2) is 0 Å². The van der Waals surface area contributed by atoms with Crippen LogP contribution in [0.3, 0.4) is 0 Å². The van der Waals surface area contributed by atoms with Crippen LogP contribution in [-0.2, 0) is 11.2 Å². The first-order chi connectivity index (χ1) is 8.63. The summed E-state index contributed by atoms with van der Waals surface area (Å²) in [5, 5.41) is 5.88. The summed E-state index contributed by atoms with van der Waals surface area (Å²) in [6, 6.07) is 4.79. The van der Waals surface area contributed by atoms with Gasteiger partial charge in [0, 0.05) is 6.54 Å². The molecule has 0 heterocycles. The number of carbonyl (C=O) groups excluding carboxylic acids is 1. The second-order valence-corrected chi connectivity index (χ2v) is 4.35. The molecule has 1 aromatic rings. The molecule has 0 atom stereocenters. The van der Waals surface area contributed by atoms with Gasteiger partial charge >= 0.3 is 0 Å². The number of halogens is 1. The highest BCUT2D eigenvalue weighted by Gasteiger charge is 2.01. The van der Waals surface area contributed by atoms with Gasteiger partial charge in [-0.3, -0.25) is 4.79 Å². The van der Waals surface area contributed by atoms with Crippen molar-refractivity contribution in [1.82, 2.24) is 10.6 Å². The van der Waals surface area contributed by atoms with Crippen molar-refractivity contribution in [2.45, 2.75) is 26.7 Å². The molecule has 1 aromatic carbocycles. The summed E-state index contributed by atoms with van der Waals surface area (Å²) in [5.41, 5.74) is 2.06. The number of rotatable bonds is 7. The minimum atomic E-state index is -0.205. The van der Waals surface area contributed by atoms with E-state index in [1.165, 1.54) is 12.1 Å². The van der Waals surface area contributed by atoms with Crippen LogP contribution >= 0.6 is 0 Å². The average molecular weight is 252 g/mol. The van der Waals surface area contributed by atoms with Crippen LogP contribution in [0.25, 0.3) is 0 Å². The molecule has 0 aliphatic heterocycles. The molecular formula is C14H21FN2O. The Hall–Kier alpha value is -1.42. The van der Waals surface area contributed by atoms with Gasteiger partial charge in [-0.05, 0) is 49.6 Å². The smallest absolute Gasteiger partial charge is 0.233 e. The van der Waals surface area contributed by atoms with Crippen molar-refractivity contribution >= 4 is 5.91 Å². The molecule has 0 saturated heterocycles. The Morgan fingerprint density at radius 3 is 2.78 bits per heavy atom. The van der Waals surface area contributed by atoms with Crippen LogP contribution in [0.5, 0.6) is 0 Å². The molecule has 0 saturated carbocycles. The first kappa shape index (κ1) is 14.6. The molecule has 0 radical (unpaired) electrons. The zero-order valence-corrected chi connectivity index (χ0v) is 11.1. The van der Waals surface area contributed by atoms with Gasteiger partial charge in [0.1, 0.15) is 5.82 Å². The van der Waals surface area contributed by atoms with E-state index in [-0.39, 0.29) is 11.7 Å². The second kappa shape index (κ2) is 7.82. The number of hydrogen-bond donors (Lipinski definition) is 2. The molecule has 1 rings (SSSR count). The van der Waals surface area contributed by atoms with E-state index >= 15 is 0 Å². The SMILES string of the molecule is CCCNC(=O)CNCCc1ccc(F)cc1C. The molecule has 0 spiro atoms. The van der Waals surface area contributed by atoms with Crippen molar-refractivity contribution < 1.29 is 9.18 Å². The highest BCUT2D eigenvalue weighted by atomic mass is 19.1. The Bertz CT molecular complexity index is 393. The molecule has 0 fully saturated rings. The second-order valence-electron chi connectivity index (χ2n) is 4.35. The molecule has 0 aromatic heterocycles. The summed E-state index contributed by atoms with van der Waals surface area (Å²) in [6.45, 7) is 5.68. The normalized spacial score (nSPS) is 10.4. The summed E-state index contributed by atoms with van der Waals surface area (Å²) < 4.78 is 12.9. The van der Waals surface area contributed by atoms with Gasteiger partial charge in [0.25, 0.3) is 0 Å². The van der Waals surface area contributed by atoms with Crippen LogP contribution < -0.4 is 10.6 Å². The number of hydrogen-bond acceptors (Lipinski definition) is 2. The zero-order chi connectivity index (χ0) is 13.4. The minimum Gasteiger partial charge on any atom is -0.355 e. The monoisotopic (exact) mass is 252 g/mol. The van der Waals surface area contributed by atoms with Gasteiger partial charge < -0.3 is 10.6 Å². The topological polar surface area (TPSA) is 41.1 Å². The third kappa shape index (κ3) is 5.27. The standard InChI is InChI=1S/C14H21FN2O/c1-3-7-17-14(18)10-16-8-6-12-4-5-13(15)9-11(12)2/h4-5,9,16H,3,6-8,10H2,1-2H3,(H,17,18). The Kier molecular flexibility index (Phi) is 6.36. The van der Waals surface area contributed by atoms with Crippen molar-refractivity contribution in [2.75, 3.05) is 19.6 Å². The van der Waals surface area contributed by atoms with E-state index in [1.807, 2.05) is 13.8 Å². The lowest BCUT2D eigenvalue weighted by atomic mass is 10.1. The quantitative estimate of drug-likeness (QED) is 0.726. The highest BCUT2D eigenvalue weighted by molar-refractivity contribution is 5.77. The lowest BCUT2D eigenvalue weighted by molar-refractivity contribution is -0.120. The number of benzene rings is 1. The predicted octanol–water partition coefficient (Wildman–Crippen LogP) is 1.79. The van der Waals surface area contributed by atoms with Gasteiger partial charge in [-0.25, -0.2) is 4.39 Å². The number of nitrogens with one attached hydrogen (secondary N) is 2. The van der Waals surface area contributed by atoms with Crippen LogP contribution in [0.4, 0.5) is 4.39 Å².